The molecule has 0 spiro atoms. The Morgan fingerprint density at radius 3 is 2.48 bits per heavy atom. The topological polar surface area (TPSA) is 70.2 Å². The number of aromatic nitrogens is 2. The summed E-state index contributed by atoms with van der Waals surface area (Å²) in [5.41, 5.74) is 0.463. The first-order valence-electron chi connectivity index (χ1n) is 5.82. The second-order valence-electron chi connectivity index (χ2n) is 4.13. The van der Waals surface area contributed by atoms with Crippen molar-refractivity contribution < 1.29 is 22.8 Å². The second kappa shape index (κ2) is 5.81. The molecule has 0 saturated carbocycles. The van der Waals surface area contributed by atoms with Gasteiger partial charge in [-0.3, -0.25) is 14.8 Å². The van der Waals surface area contributed by atoms with Crippen LogP contribution in [0, 0.1) is 10.1 Å². The van der Waals surface area contributed by atoms with Crippen LogP contribution in [0.2, 0.25) is 0 Å². The Labute approximate surface area is 116 Å². The summed E-state index contributed by atoms with van der Waals surface area (Å²) >= 11 is 0. The van der Waals surface area contributed by atoms with Crippen LogP contribution in [-0.2, 0) is 0 Å². The van der Waals surface area contributed by atoms with E-state index in [0.29, 0.717) is 5.56 Å². The molecule has 1 heterocycles. The predicted octanol–water partition coefficient (Wildman–Crippen LogP) is 2.65. The molecule has 21 heavy (non-hydrogen) atoms. The molecule has 0 aliphatic carbocycles. The summed E-state index contributed by atoms with van der Waals surface area (Å²) in [7, 11) is 0. The molecular formula is C12H10F3N3O3. The zero-order valence-electron chi connectivity index (χ0n) is 10.5. The minimum Gasteiger partial charge on any atom is -0.406 e. The molecule has 0 fully saturated rings. The summed E-state index contributed by atoms with van der Waals surface area (Å²) in [6.07, 6.45) is -1.76. The lowest BCUT2D eigenvalue weighted by Gasteiger charge is -2.15. The van der Waals surface area contributed by atoms with E-state index in [9.17, 15) is 23.3 Å². The van der Waals surface area contributed by atoms with Gasteiger partial charge < -0.3 is 4.74 Å². The van der Waals surface area contributed by atoms with E-state index in [-0.39, 0.29) is 5.75 Å². The molecule has 112 valence electrons. The Morgan fingerprint density at radius 2 is 2.00 bits per heavy atom. The molecule has 0 radical (unpaired) electrons. The van der Waals surface area contributed by atoms with Gasteiger partial charge in [0, 0.05) is 17.3 Å². The number of rotatable bonds is 5. The van der Waals surface area contributed by atoms with Crippen LogP contribution in [0.25, 0.3) is 0 Å². The summed E-state index contributed by atoms with van der Waals surface area (Å²) in [4.78, 5) is 10.2. The Kier molecular flexibility index (Phi) is 4.10. The molecule has 6 nitrogen and oxygen atoms in total. The van der Waals surface area contributed by atoms with Crippen molar-refractivity contribution in [1.82, 2.24) is 9.78 Å². The first-order valence-corrected chi connectivity index (χ1v) is 5.82. The fraction of sp³-hybridized carbons (Fsp3) is 0.250. The van der Waals surface area contributed by atoms with Gasteiger partial charge in [0.15, 0.2) is 0 Å². The summed E-state index contributed by atoms with van der Waals surface area (Å²) in [5, 5.41) is 14.7. The normalized spacial score (nSPS) is 12.9. The van der Waals surface area contributed by atoms with Crippen molar-refractivity contribution in [1.29, 1.82) is 0 Å². The predicted molar refractivity (Wildman–Crippen MR) is 65.4 cm³/mol. The van der Waals surface area contributed by atoms with E-state index < -0.39 is 23.9 Å². The standard InChI is InChI=1S/C12H10F3N3O3/c13-12(14,15)21-10-4-2-9(3-5-10)11(8-18(19)20)17-7-1-6-16-17/h1-7,11H,8H2. The quantitative estimate of drug-likeness (QED) is 0.629. The highest BCUT2D eigenvalue weighted by Gasteiger charge is 2.31. The van der Waals surface area contributed by atoms with Crippen LogP contribution in [0.15, 0.2) is 42.7 Å². The molecule has 1 atom stereocenters. The van der Waals surface area contributed by atoms with E-state index in [1.54, 1.807) is 12.3 Å². The minimum atomic E-state index is -4.77. The number of benzene rings is 1. The maximum Gasteiger partial charge on any atom is 0.573 e. The van der Waals surface area contributed by atoms with E-state index >= 15 is 0 Å². The molecule has 1 aromatic carbocycles. The number of halogens is 3. The highest BCUT2D eigenvalue weighted by Crippen LogP contribution is 2.25. The number of alkyl halides is 3. The van der Waals surface area contributed by atoms with E-state index in [2.05, 4.69) is 9.84 Å². The van der Waals surface area contributed by atoms with Gasteiger partial charge in [0.25, 0.3) is 0 Å². The zero-order valence-corrected chi connectivity index (χ0v) is 10.5. The first kappa shape index (κ1) is 14.8. The summed E-state index contributed by atoms with van der Waals surface area (Å²) < 4.78 is 41.3. The van der Waals surface area contributed by atoms with Crippen molar-refractivity contribution in [2.75, 3.05) is 6.54 Å². The zero-order chi connectivity index (χ0) is 15.5. The van der Waals surface area contributed by atoms with Crippen molar-refractivity contribution in [2.45, 2.75) is 12.4 Å². The van der Waals surface area contributed by atoms with Crippen molar-refractivity contribution in [3.05, 3.63) is 58.4 Å². The minimum absolute atomic E-state index is 0.383. The Hall–Kier alpha value is -2.58. The average molecular weight is 301 g/mol. The third-order valence-electron chi connectivity index (χ3n) is 2.66. The highest BCUT2D eigenvalue weighted by atomic mass is 19.4. The SMILES string of the molecule is O=[N+]([O-])CC(c1ccc(OC(F)(F)F)cc1)n1cccn1. The average Bonchev–Trinajstić information content (AvgIpc) is 2.88. The molecular weight excluding hydrogens is 291 g/mol. The third-order valence-corrected chi connectivity index (χ3v) is 2.66. The van der Waals surface area contributed by atoms with Crippen molar-refractivity contribution >= 4 is 0 Å². The first-order chi connectivity index (χ1) is 9.85. The lowest BCUT2D eigenvalue weighted by atomic mass is 10.1. The number of nitrogens with zero attached hydrogens (tertiary/aromatic N) is 3. The van der Waals surface area contributed by atoms with E-state index in [0.717, 1.165) is 12.1 Å². The maximum atomic E-state index is 12.1. The van der Waals surface area contributed by atoms with Gasteiger partial charge in [-0.15, -0.1) is 13.2 Å². The van der Waals surface area contributed by atoms with Crippen LogP contribution in [0.4, 0.5) is 13.2 Å². The second-order valence-corrected chi connectivity index (χ2v) is 4.13. The molecule has 0 N–H and O–H groups in total. The van der Waals surface area contributed by atoms with Crippen LogP contribution < -0.4 is 4.74 Å². The van der Waals surface area contributed by atoms with E-state index in [1.165, 1.54) is 23.0 Å². The smallest absolute Gasteiger partial charge is 0.406 e. The monoisotopic (exact) mass is 301 g/mol. The van der Waals surface area contributed by atoms with Gasteiger partial charge in [-0.25, -0.2) is 0 Å². The lowest BCUT2D eigenvalue weighted by Crippen LogP contribution is -2.21. The van der Waals surface area contributed by atoms with Crippen LogP contribution in [0.5, 0.6) is 5.75 Å². The number of hydrogen-bond donors (Lipinski definition) is 0. The number of nitro groups is 1. The third kappa shape index (κ3) is 4.20. The van der Waals surface area contributed by atoms with Crippen molar-refractivity contribution in [3.63, 3.8) is 0 Å². The summed E-state index contributed by atoms with van der Waals surface area (Å²) in [6, 6.07) is 5.82. The van der Waals surface area contributed by atoms with Gasteiger partial charge >= 0.3 is 6.36 Å². The summed E-state index contributed by atoms with van der Waals surface area (Å²) in [6.45, 7) is -0.429. The molecule has 2 aromatic rings. The molecule has 0 amide bonds. The number of ether oxygens (including phenoxy) is 1. The Balaban J connectivity index is 2.23. The molecule has 1 unspecified atom stereocenters. The van der Waals surface area contributed by atoms with E-state index in [4.69, 9.17) is 0 Å². The van der Waals surface area contributed by atoms with Crippen molar-refractivity contribution in [2.24, 2.45) is 0 Å². The Morgan fingerprint density at radius 1 is 1.33 bits per heavy atom. The van der Waals surface area contributed by atoms with Gasteiger partial charge in [-0.2, -0.15) is 5.10 Å². The molecule has 1 aromatic heterocycles. The van der Waals surface area contributed by atoms with Crippen molar-refractivity contribution in [3.8, 4) is 5.75 Å². The van der Waals surface area contributed by atoms with Gasteiger partial charge in [0.05, 0.1) is 0 Å². The molecule has 0 saturated heterocycles. The van der Waals surface area contributed by atoms with E-state index in [1.807, 2.05) is 0 Å². The lowest BCUT2D eigenvalue weighted by molar-refractivity contribution is -0.484. The van der Waals surface area contributed by atoms with Gasteiger partial charge in [0.2, 0.25) is 6.54 Å². The number of hydrogen-bond acceptors (Lipinski definition) is 4. The van der Waals surface area contributed by atoms with Crippen LogP contribution in [0.1, 0.15) is 11.6 Å². The van der Waals surface area contributed by atoms with Crippen LogP contribution in [0.3, 0.4) is 0 Å². The molecule has 2 rings (SSSR count). The molecule has 0 bridgehead atoms. The van der Waals surface area contributed by atoms with Gasteiger partial charge in [0.1, 0.15) is 11.8 Å². The fourth-order valence-corrected chi connectivity index (χ4v) is 1.84. The van der Waals surface area contributed by atoms with Gasteiger partial charge in [-0.1, -0.05) is 12.1 Å². The Bertz CT molecular complexity index is 596. The largest absolute Gasteiger partial charge is 0.573 e. The van der Waals surface area contributed by atoms with Crippen LogP contribution >= 0.6 is 0 Å². The molecule has 9 heteroatoms. The molecule has 0 aliphatic heterocycles. The fourth-order valence-electron chi connectivity index (χ4n) is 1.84. The summed E-state index contributed by atoms with van der Waals surface area (Å²) in [5.74, 6) is -0.383. The highest BCUT2D eigenvalue weighted by molar-refractivity contribution is 5.29. The maximum absolute atomic E-state index is 12.1. The molecule has 0 aliphatic rings. The van der Waals surface area contributed by atoms with Gasteiger partial charge in [-0.05, 0) is 23.8 Å². The van der Waals surface area contributed by atoms with Crippen LogP contribution in [-0.4, -0.2) is 27.6 Å².